The van der Waals surface area contributed by atoms with Gasteiger partial charge in [-0.25, -0.2) is 4.98 Å². The van der Waals surface area contributed by atoms with E-state index in [1.165, 1.54) is 0 Å². The number of nitrogens with zero attached hydrogens (tertiary/aromatic N) is 2. The average molecular weight is 290 g/mol. The zero-order valence-electron chi connectivity index (χ0n) is 12.8. The largest absolute Gasteiger partial charge is 0.319 e. The van der Waals surface area contributed by atoms with Crippen LogP contribution in [-0.4, -0.2) is 27.9 Å². The summed E-state index contributed by atoms with van der Waals surface area (Å²) in [5.41, 5.74) is 2.04. The quantitative estimate of drug-likeness (QED) is 0.750. The molecule has 0 spiro atoms. The highest BCUT2D eigenvalue weighted by molar-refractivity contribution is 5.99. The summed E-state index contributed by atoms with van der Waals surface area (Å²) in [5, 5.41) is 5.78. The molecule has 6 heteroatoms. The summed E-state index contributed by atoms with van der Waals surface area (Å²) in [7, 11) is 0. The van der Waals surface area contributed by atoms with Crippen molar-refractivity contribution in [3.05, 3.63) is 17.2 Å². The summed E-state index contributed by atoms with van der Waals surface area (Å²) in [6, 6.07) is -0.314. The number of amides is 2. The highest BCUT2D eigenvalue weighted by Crippen LogP contribution is 2.32. The second kappa shape index (κ2) is 4.94. The van der Waals surface area contributed by atoms with Crippen molar-refractivity contribution in [2.45, 2.75) is 58.0 Å². The molecule has 0 saturated carbocycles. The highest BCUT2D eigenvalue weighted by atomic mass is 16.2. The van der Waals surface area contributed by atoms with E-state index in [0.717, 1.165) is 36.7 Å². The lowest BCUT2D eigenvalue weighted by molar-refractivity contribution is -0.135. The molecule has 3 rings (SSSR count). The van der Waals surface area contributed by atoms with Gasteiger partial charge in [-0.05, 0) is 6.42 Å². The van der Waals surface area contributed by atoms with Crippen LogP contribution in [0.15, 0.2) is 0 Å². The van der Waals surface area contributed by atoms with E-state index in [1.54, 1.807) is 0 Å². The standard InChI is InChI=1S/C15H22N4O2/c1-15(2,3)14-17-9-8-16-7-6-10(9)19(14)11-4-5-12(20)18-13(11)21/h11,16H,4-8H2,1-3H3,(H,18,20,21). The summed E-state index contributed by atoms with van der Waals surface area (Å²) in [6.45, 7) is 7.97. The maximum Gasteiger partial charge on any atom is 0.249 e. The number of piperidine rings is 1. The molecule has 0 bridgehead atoms. The van der Waals surface area contributed by atoms with E-state index in [0.29, 0.717) is 12.8 Å². The van der Waals surface area contributed by atoms with Gasteiger partial charge in [0.2, 0.25) is 11.8 Å². The average Bonchev–Trinajstić information content (AvgIpc) is 2.78. The first-order chi connectivity index (χ1) is 9.88. The fraction of sp³-hybridized carbons (Fsp3) is 0.667. The number of hydrogen-bond acceptors (Lipinski definition) is 4. The van der Waals surface area contributed by atoms with Crippen molar-refractivity contribution < 1.29 is 9.59 Å². The molecule has 2 aliphatic heterocycles. The minimum Gasteiger partial charge on any atom is -0.319 e. The Bertz CT molecular complexity index is 598. The van der Waals surface area contributed by atoms with Crippen LogP contribution in [0.1, 0.15) is 56.9 Å². The topological polar surface area (TPSA) is 76.0 Å². The summed E-state index contributed by atoms with van der Waals surface area (Å²) in [6.07, 6.45) is 1.82. The Hall–Kier alpha value is -1.69. The molecule has 0 aliphatic carbocycles. The van der Waals surface area contributed by atoms with E-state index >= 15 is 0 Å². The van der Waals surface area contributed by atoms with Crippen molar-refractivity contribution in [3.63, 3.8) is 0 Å². The first-order valence-corrected chi connectivity index (χ1v) is 7.53. The van der Waals surface area contributed by atoms with Crippen LogP contribution >= 0.6 is 0 Å². The number of imide groups is 1. The van der Waals surface area contributed by atoms with Crippen LogP contribution in [0, 0.1) is 0 Å². The molecular weight excluding hydrogens is 268 g/mol. The van der Waals surface area contributed by atoms with Crippen molar-refractivity contribution >= 4 is 11.8 Å². The Kier molecular flexibility index (Phi) is 3.36. The number of fused-ring (bicyclic) bond motifs is 1. The van der Waals surface area contributed by atoms with Crippen LogP contribution in [-0.2, 0) is 28.0 Å². The molecule has 1 saturated heterocycles. The number of carbonyl (C=O) groups is 2. The molecule has 1 fully saturated rings. The molecule has 6 nitrogen and oxygen atoms in total. The van der Waals surface area contributed by atoms with Crippen LogP contribution in [0.5, 0.6) is 0 Å². The van der Waals surface area contributed by atoms with Gasteiger partial charge in [0.05, 0.1) is 5.69 Å². The van der Waals surface area contributed by atoms with E-state index in [2.05, 4.69) is 36.0 Å². The Balaban J connectivity index is 2.09. The number of rotatable bonds is 1. The van der Waals surface area contributed by atoms with Crippen molar-refractivity contribution in [1.82, 2.24) is 20.2 Å². The minimum absolute atomic E-state index is 0.140. The molecule has 1 unspecified atom stereocenters. The zero-order chi connectivity index (χ0) is 15.2. The van der Waals surface area contributed by atoms with Gasteiger partial charge in [-0.1, -0.05) is 20.8 Å². The van der Waals surface area contributed by atoms with Crippen molar-refractivity contribution in [2.24, 2.45) is 0 Å². The number of hydrogen-bond donors (Lipinski definition) is 2. The van der Waals surface area contributed by atoms with E-state index in [-0.39, 0.29) is 23.3 Å². The first-order valence-electron chi connectivity index (χ1n) is 7.53. The van der Waals surface area contributed by atoms with E-state index in [9.17, 15) is 9.59 Å². The Morgan fingerprint density at radius 3 is 2.67 bits per heavy atom. The van der Waals surface area contributed by atoms with Gasteiger partial charge in [0.15, 0.2) is 0 Å². The van der Waals surface area contributed by atoms with Gasteiger partial charge in [-0.3, -0.25) is 14.9 Å². The second-order valence-electron chi connectivity index (χ2n) is 6.84. The summed E-state index contributed by atoms with van der Waals surface area (Å²) >= 11 is 0. The maximum atomic E-state index is 12.3. The fourth-order valence-electron chi connectivity index (χ4n) is 3.13. The molecule has 1 atom stereocenters. The number of carbonyl (C=O) groups excluding carboxylic acids is 2. The molecule has 2 N–H and O–H groups in total. The van der Waals surface area contributed by atoms with Crippen LogP contribution in [0.4, 0.5) is 0 Å². The van der Waals surface area contributed by atoms with E-state index in [1.807, 2.05) is 0 Å². The van der Waals surface area contributed by atoms with Gasteiger partial charge in [0.25, 0.3) is 0 Å². The molecule has 2 amide bonds. The summed E-state index contributed by atoms with van der Waals surface area (Å²) < 4.78 is 2.10. The Morgan fingerprint density at radius 1 is 1.24 bits per heavy atom. The maximum absolute atomic E-state index is 12.3. The third-order valence-corrected chi connectivity index (χ3v) is 4.12. The Labute approximate surface area is 124 Å². The van der Waals surface area contributed by atoms with Gasteiger partial charge >= 0.3 is 0 Å². The summed E-state index contributed by atoms with van der Waals surface area (Å²) in [4.78, 5) is 28.5. The van der Waals surface area contributed by atoms with Crippen molar-refractivity contribution in [1.29, 1.82) is 0 Å². The van der Waals surface area contributed by atoms with E-state index < -0.39 is 0 Å². The van der Waals surface area contributed by atoms with E-state index in [4.69, 9.17) is 4.98 Å². The van der Waals surface area contributed by atoms with Crippen LogP contribution in [0.3, 0.4) is 0 Å². The molecular formula is C15H22N4O2. The molecule has 21 heavy (non-hydrogen) atoms. The van der Waals surface area contributed by atoms with Crippen molar-refractivity contribution in [2.75, 3.05) is 6.54 Å². The third-order valence-electron chi connectivity index (χ3n) is 4.12. The van der Waals surface area contributed by atoms with Crippen molar-refractivity contribution in [3.8, 4) is 0 Å². The van der Waals surface area contributed by atoms with Gasteiger partial charge in [0.1, 0.15) is 11.9 Å². The lowest BCUT2D eigenvalue weighted by Gasteiger charge is -2.29. The lowest BCUT2D eigenvalue weighted by atomic mass is 9.94. The lowest BCUT2D eigenvalue weighted by Crippen LogP contribution is -2.43. The molecule has 2 aliphatic rings. The number of imidazole rings is 1. The van der Waals surface area contributed by atoms with Gasteiger partial charge in [-0.15, -0.1) is 0 Å². The number of aromatic nitrogens is 2. The van der Waals surface area contributed by atoms with Gasteiger partial charge in [-0.2, -0.15) is 0 Å². The molecule has 3 heterocycles. The first kappa shape index (κ1) is 14.3. The van der Waals surface area contributed by atoms with Gasteiger partial charge in [0, 0.05) is 37.0 Å². The summed E-state index contributed by atoms with van der Waals surface area (Å²) in [5.74, 6) is 0.561. The normalized spacial score (nSPS) is 22.9. The smallest absolute Gasteiger partial charge is 0.249 e. The second-order valence-corrected chi connectivity index (χ2v) is 6.84. The van der Waals surface area contributed by atoms with Crippen LogP contribution in [0.2, 0.25) is 0 Å². The number of nitrogens with one attached hydrogen (secondary N) is 2. The molecule has 1 aromatic heterocycles. The zero-order valence-corrected chi connectivity index (χ0v) is 12.8. The highest BCUT2D eigenvalue weighted by Gasteiger charge is 2.36. The molecule has 114 valence electrons. The molecule has 1 aromatic rings. The van der Waals surface area contributed by atoms with Crippen LogP contribution in [0.25, 0.3) is 0 Å². The monoisotopic (exact) mass is 290 g/mol. The Morgan fingerprint density at radius 2 is 2.00 bits per heavy atom. The molecule has 0 radical (unpaired) electrons. The predicted octanol–water partition coefficient (Wildman–Crippen LogP) is 0.804. The SMILES string of the molecule is CC(C)(C)c1nc2c(n1C1CCC(=O)NC1=O)CCNC2. The third kappa shape index (κ3) is 2.48. The fourth-order valence-corrected chi connectivity index (χ4v) is 3.13. The van der Waals surface area contributed by atoms with Gasteiger partial charge < -0.3 is 9.88 Å². The minimum atomic E-state index is -0.314. The predicted molar refractivity (Wildman–Crippen MR) is 77.8 cm³/mol. The molecule has 0 aromatic carbocycles. The van der Waals surface area contributed by atoms with Crippen LogP contribution < -0.4 is 10.6 Å².